The van der Waals surface area contributed by atoms with Gasteiger partial charge < -0.3 is 15.5 Å². The molecule has 3 amide bonds. The summed E-state index contributed by atoms with van der Waals surface area (Å²) in [5.74, 6) is -1.72. The van der Waals surface area contributed by atoms with E-state index < -0.39 is 11.7 Å². The minimum Gasteiger partial charge on any atom is -0.354 e. The normalized spacial score (nSPS) is 17.2. The van der Waals surface area contributed by atoms with Crippen LogP contribution >= 0.6 is 0 Å². The number of hydrogen-bond acceptors (Lipinski definition) is 3. The third-order valence-electron chi connectivity index (χ3n) is 3.89. The summed E-state index contributed by atoms with van der Waals surface area (Å²) in [5, 5.41) is 5.40. The third kappa shape index (κ3) is 4.31. The molecule has 1 aromatic rings. The van der Waals surface area contributed by atoms with Crippen molar-refractivity contribution in [3.05, 3.63) is 30.1 Å². The summed E-state index contributed by atoms with van der Waals surface area (Å²) in [6.07, 6.45) is 0.0541. The number of carbonyl (C=O) groups excluding carboxylic acids is 3. The second-order valence-electron chi connectivity index (χ2n) is 6.09. The van der Waals surface area contributed by atoms with E-state index in [9.17, 15) is 18.8 Å². The fraction of sp³-hybridized carbons (Fsp3) is 0.471. The Labute approximate surface area is 140 Å². The SMILES string of the molecule is CC(C)C(=O)NCCNC(=O)[C@H]1CC(=O)N(c2ccccc2F)C1. The Morgan fingerprint density at radius 3 is 2.58 bits per heavy atom. The van der Waals surface area contributed by atoms with E-state index in [0.29, 0.717) is 13.1 Å². The number of nitrogens with one attached hydrogen (secondary N) is 2. The molecular weight excluding hydrogens is 313 g/mol. The van der Waals surface area contributed by atoms with Gasteiger partial charge in [0.1, 0.15) is 5.82 Å². The molecule has 7 heteroatoms. The summed E-state index contributed by atoms with van der Waals surface area (Å²) in [6.45, 7) is 4.36. The summed E-state index contributed by atoms with van der Waals surface area (Å²) in [7, 11) is 0. The number of nitrogens with zero attached hydrogens (tertiary/aromatic N) is 1. The largest absolute Gasteiger partial charge is 0.354 e. The van der Waals surface area contributed by atoms with Crippen molar-refractivity contribution in [1.29, 1.82) is 0 Å². The lowest BCUT2D eigenvalue weighted by Crippen LogP contribution is -2.39. The van der Waals surface area contributed by atoms with Crippen LogP contribution in [0, 0.1) is 17.7 Å². The van der Waals surface area contributed by atoms with E-state index in [1.54, 1.807) is 26.0 Å². The molecule has 0 radical (unpaired) electrons. The van der Waals surface area contributed by atoms with Gasteiger partial charge in [-0.25, -0.2) is 4.39 Å². The van der Waals surface area contributed by atoms with Crippen molar-refractivity contribution in [3.63, 3.8) is 0 Å². The molecule has 1 aliphatic rings. The van der Waals surface area contributed by atoms with Gasteiger partial charge in [0, 0.05) is 32.0 Å². The van der Waals surface area contributed by atoms with Crippen molar-refractivity contribution >= 4 is 23.4 Å². The molecule has 1 aliphatic heterocycles. The highest BCUT2D eigenvalue weighted by Crippen LogP contribution is 2.27. The van der Waals surface area contributed by atoms with Crippen LogP contribution in [0.4, 0.5) is 10.1 Å². The minimum absolute atomic E-state index is 0.0541. The monoisotopic (exact) mass is 335 g/mol. The second kappa shape index (κ2) is 7.90. The Kier molecular flexibility index (Phi) is 5.89. The van der Waals surface area contributed by atoms with Gasteiger partial charge in [-0.05, 0) is 12.1 Å². The molecule has 1 fully saturated rings. The van der Waals surface area contributed by atoms with Gasteiger partial charge in [0.05, 0.1) is 11.6 Å². The zero-order chi connectivity index (χ0) is 17.7. The lowest BCUT2D eigenvalue weighted by molar-refractivity contribution is -0.126. The highest BCUT2D eigenvalue weighted by Gasteiger charge is 2.35. The molecule has 0 unspecified atom stereocenters. The first kappa shape index (κ1) is 17.9. The Morgan fingerprint density at radius 1 is 1.25 bits per heavy atom. The molecule has 1 aromatic carbocycles. The van der Waals surface area contributed by atoms with E-state index in [-0.39, 0.29) is 42.3 Å². The predicted octanol–water partition coefficient (Wildman–Crippen LogP) is 1.07. The number of halogens is 1. The molecule has 0 spiro atoms. The van der Waals surface area contributed by atoms with Gasteiger partial charge in [-0.2, -0.15) is 0 Å². The van der Waals surface area contributed by atoms with Crippen molar-refractivity contribution in [2.24, 2.45) is 11.8 Å². The molecule has 0 bridgehead atoms. The average molecular weight is 335 g/mol. The first-order valence-corrected chi connectivity index (χ1v) is 8.00. The van der Waals surface area contributed by atoms with Gasteiger partial charge in [-0.3, -0.25) is 14.4 Å². The molecule has 0 aliphatic carbocycles. The highest BCUT2D eigenvalue weighted by atomic mass is 19.1. The molecule has 6 nitrogen and oxygen atoms in total. The fourth-order valence-corrected chi connectivity index (χ4v) is 2.51. The first-order valence-electron chi connectivity index (χ1n) is 8.00. The predicted molar refractivity (Wildman–Crippen MR) is 87.7 cm³/mol. The Hall–Kier alpha value is -2.44. The standard InChI is InChI=1S/C17H22FN3O3/c1-11(2)16(23)19-7-8-20-17(24)12-9-15(22)21(10-12)14-6-4-3-5-13(14)18/h3-6,11-12H,7-10H2,1-2H3,(H,19,23)(H,20,24)/t12-/m0/s1. The lowest BCUT2D eigenvalue weighted by Gasteiger charge is -2.17. The van der Waals surface area contributed by atoms with E-state index in [0.717, 1.165) is 0 Å². The van der Waals surface area contributed by atoms with Crippen LogP contribution in [0.1, 0.15) is 20.3 Å². The number of anilines is 1. The molecule has 1 atom stereocenters. The number of benzene rings is 1. The van der Waals surface area contributed by atoms with Crippen LogP contribution in [0.3, 0.4) is 0 Å². The van der Waals surface area contributed by atoms with E-state index in [1.165, 1.54) is 17.0 Å². The number of hydrogen-bond donors (Lipinski definition) is 2. The Bertz CT molecular complexity index is 633. The summed E-state index contributed by atoms with van der Waals surface area (Å²) in [4.78, 5) is 36.9. The van der Waals surface area contributed by atoms with Gasteiger partial charge in [0.2, 0.25) is 17.7 Å². The number of para-hydroxylation sites is 1. The van der Waals surface area contributed by atoms with E-state index >= 15 is 0 Å². The van der Waals surface area contributed by atoms with Crippen LogP contribution < -0.4 is 15.5 Å². The number of rotatable bonds is 6. The fourth-order valence-electron chi connectivity index (χ4n) is 2.51. The second-order valence-corrected chi connectivity index (χ2v) is 6.09. The van der Waals surface area contributed by atoms with E-state index in [2.05, 4.69) is 10.6 Å². The summed E-state index contributed by atoms with van der Waals surface area (Å²) in [6, 6.07) is 6.01. The van der Waals surface area contributed by atoms with Crippen molar-refractivity contribution in [3.8, 4) is 0 Å². The third-order valence-corrected chi connectivity index (χ3v) is 3.89. The van der Waals surface area contributed by atoms with Crippen molar-refractivity contribution < 1.29 is 18.8 Å². The highest BCUT2D eigenvalue weighted by molar-refractivity contribution is 6.00. The zero-order valence-corrected chi connectivity index (χ0v) is 13.8. The van der Waals surface area contributed by atoms with E-state index in [1.807, 2.05) is 0 Å². The van der Waals surface area contributed by atoms with Crippen molar-refractivity contribution in [2.45, 2.75) is 20.3 Å². The lowest BCUT2D eigenvalue weighted by atomic mass is 10.1. The van der Waals surface area contributed by atoms with Crippen LogP contribution in [0.2, 0.25) is 0 Å². The minimum atomic E-state index is -0.516. The van der Waals surface area contributed by atoms with Crippen molar-refractivity contribution in [2.75, 3.05) is 24.5 Å². The Balaban J connectivity index is 1.84. The zero-order valence-electron chi connectivity index (χ0n) is 13.8. The van der Waals surface area contributed by atoms with Gasteiger partial charge >= 0.3 is 0 Å². The molecule has 130 valence electrons. The number of amides is 3. The Morgan fingerprint density at radius 2 is 1.92 bits per heavy atom. The molecule has 2 N–H and O–H groups in total. The molecule has 0 saturated carbocycles. The van der Waals surface area contributed by atoms with Crippen LogP contribution in [0.25, 0.3) is 0 Å². The maximum Gasteiger partial charge on any atom is 0.227 e. The molecule has 0 aromatic heterocycles. The number of carbonyl (C=O) groups is 3. The quantitative estimate of drug-likeness (QED) is 0.763. The van der Waals surface area contributed by atoms with Gasteiger partial charge in [0.15, 0.2) is 0 Å². The molecule has 24 heavy (non-hydrogen) atoms. The molecular formula is C17H22FN3O3. The molecule has 1 heterocycles. The van der Waals surface area contributed by atoms with Crippen molar-refractivity contribution in [1.82, 2.24) is 10.6 Å². The molecule has 1 saturated heterocycles. The van der Waals surface area contributed by atoms with Crippen LogP contribution in [-0.4, -0.2) is 37.4 Å². The first-order chi connectivity index (χ1) is 11.4. The van der Waals surface area contributed by atoms with Crippen LogP contribution in [-0.2, 0) is 14.4 Å². The maximum atomic E-state index is 13.8. The van der Waals surface area contributed by atoms with E-state index in [4.69, 9.17) is 0 Å². The van der Waals surface area contributed by atoms with Gasteiger partial charge in [0.25, 0.3) is 0 Å². The van der Waals surface area contributed by atoms with Crippen LogP contribution in [0.15, 0.2) is 24.3 Å². The smallest absolute Gasteiger partial charge is 0.227 e. The molecule has 2 rings (SSSR count). The summed E-state index contributed by atoms with van der Waals surface area (Å²) >= 11 is 0. The topological polar surface area (TPSA) is 78.5 Å². The maximum absolute atomic E-state index is 13.8. The van der Waals surface area contributed by atoms with Crippen LogP contribution in [0.5, 0.6) is 0 Å². The average Bonchev–Trinajstić information content (AvgIpc) is 2.93. The summed E-state index contributed by atoms with van der Waals surface area (Å²) in [5.41, 5.74) is 0.196. The van der Waals surface area contributed by atoms with Gasteiger partial charge in [-0.15, -0.1) is 0 Å². The van der Waals surface area contributed by atoms with Gasteiger partial charge in [-0.1, -0.05) is 26.0 Å². The summed E-state index contributed by atoms with van der Waals surface area (Å²) < 4.78 is 13.8.